The zero-order valence-corrected chi connectivity index (χ0v) is 10.8. The summed E-state index contributed by atoms with van der Waals surface area (Å²) in [5.41, 5.74) is 0.967. The molecule has 0 saturated heterocycles. The van der Waals surface area contributed by atoms with E-state index in [-0.39, 0.29) is 10.5 Å². The van der Waals surface area contributed by atoms with Crippen molar-refractivity contribution >= 4 is 17.7 Å². The van der Waals surface area contributed by atoms with Crippen molar-refractivity contribution in [3.63, 3.8) is 0 Å². The van der Waals surface area contributed by atoms with Crippen molar-refractivity contribution in [3.8, 4) is 0 Å². The summed E-state index contributed by atoms with van der Waals surface area (Å²) in [6, 6.07) is 8.02. The van der Waals surface area contributed by atoms with Gasteiger partial charge >= 0.3 is 5.97 Å². The maximum atomic E-state index is 13.6. The fourth-order valence-electron chi connectivity index (χ4n) is 1.57. The number of aryl methyl sites for hydroxylation is 1. The van der Waals surface area contributed by atoms with Gasteiger partial charge in [0.1, 0.15) is 11.6 Å². The van der Waals surface area contributed by atoms with Gasteiger partial charge in [0.05, 0.1) is 5.56 Å². The molecule has 0 aliphatic carbocycles. The molecule has 2 aromatic carbocycles. The van der Waals surface area contributed by atoms with E-state index in [9.17, 15) is 13.6 Å². The molecule has 0 bridgehead atoms. The Morgan fingerprint density at radius 3 is 2.47 bits per heavy atom. The third-order valence-electron chi connectivity index (χ3n) is 2.48. The maximum Gasteiger partial charge on any atom is 0.336 e. The number of carboxylic acids is 1. The van der Waals surface area contributed by atoms with Gasteiger partial charge in [0.15, 0.2) is 0 Å². The molecule has 19 heavy (non-hydrogen) atoms. The van der Waals surface area contributed by atoms with Crippen molar-refractivity contribution in [2.45, 2.75) is 16.7 Å². The third kappa shape index (κ3) is 3.12. The number of halogens is 2. The van der Waals surface area contributed by atoms with E-state index in [4.69, 9.17) is 5.11 Å². The summed E-state index contributed by atoms with van der Waals surface area (Å²) in [6.07, 6.45) is 0. The highest BCUT2D eigenvalue weighted by Gasteiger charge is 2.13. The normalized spacial score (nSPS) is 10.5. The molecule has 98 valence electrons. The molecule has 0 aliphatic heterocycles. The van der Waals surface area contributed by atoms with E-state index in [1.807, 2.05) is 6.92 Å². The van der Waals surface area contributed by atoms with Crippen LogP contribution in [0.1, 0.15) is 15.9 Å². The molecule has 2 aromatic rings. The lowest BCUT2D eigenvalue weighted by atomic mass is 10.1. The fraction of sp³-hybridized carbons (Fsp3) is 0.0714. The largest absolute Gasteiger partial charge is 0.478 e. The van der Waals surface area contributed by atoms with Gasteiger partial charge in [0.2, 0.25) is 0 Å². The summed E-state index contributed by atoms with van der Waals surface area (Å²) >= 11 is 0.970. The predicted molar refractivity (Wildman–Crippen MR) is 68.6 cm³/mol. The molecule has 0 atom stereocenters. The summed E-state index contributed by atoms with van der Waals surface area (Å²) in [6.45, 7) is 1.82. The highest BCUT2D eigenvalue weighted by Crippen LogP contribution is 2.33. The van der Waals surface area contributed by atoms with Crippen LogP contribution in [0.4, 0.5) is 8.78 Å². The quantitative estimate of drug-likeness (QED) is 0.918. The highest BCUT2D eigenvalue weighted by atomic mass is 32.2. The molecule has 0 amide bonds. The van der Waals surface area contributed by atoms with Gasteiger partial charge in [-0.1, -0.05) is 17.8 Å². The summed E-state index contributed by atoms with van der Waals surface area (Å²) in [4.78, 5) is 11.7. The second-order valence-electron chi connectivity index (χ2n) is 3.98. The van der Waals surface area contributed by atoms with E-state index in [0.717, 1.165) is 29.5 Å². The van der Waals surface area contributed by atoms with Crippen molar-refractivity contribution in [3.05, 3.63) is 59.2 Å². The molecule has 0 saturated carbocycles. The Hall–Kier alpha value is -1.88. The molecule has 0 spiro atoms. The summed E-state index contributed by atoms with van der Waals surface area (Å²) in [5, 5.41) is 9.08. The van der Waals surface area contributed by atoms with Crippen molar-refractivity contribution in [2.24, 2.45) is 0 Å². The SMILES string of the molecule is Cc1ccc(C(=O)O)c(Sc2ccc(F)cc2F)c1. The fourth-order valence-corrected chi connectivity index (χ4v) is 2.61. The van der Waals surface area contributed by atoms with E-state index in [2.05, 4.69) is 0 Å². The number of benzene rings is 2. The molecule has 5 heteroatoms. The van der Waals surface area contributed by atoms with Gasteiger partial charge in [-0.25, -0.2) is 13.6 Å². The molecular formula is C14H10F2O2S. The molecule has 0 aliphatic rings. The van der Waals surface area contributed by atoms with Crippen molar-refractivity contribution in [1.82, 2.24) is 0 Å². The average molecular weight is 280 g/mol. The van der Waals surface area contributed by atoms with Crippen LogP contribution in [-0.2, 0) is 0 Å². The number of carboxylic acid groups (broad SMARTS) is 1. The molecule has 0 radical (unpaired) electrons. The molecule has 0 heterocycles. The van der Waals surface area contributed by atoms with Crippen LogP contribution < -0.4 is 0 Å². The van der Waals surface area contributed by atoms with Crippen LogP contribution in [0.5, 0.6) is 0 Å². The molecule has 2 nitrogen and oxygen atoms in total. The number of aromatic carboxylic acids is 1. The van der Waals surface area contributed by atoms with Crippen molar-refractivity contribution in [1.29, 1.82) is 0 Å². The van der Waals surface area contributed by atoms with E-state index in [1.54, 1.807) is 12.1 Å². The van der Waals surface area contributed by atoms with Gasteiger partial charge in [0.25, 0.3) is 0 Å². The Labute approximate surface area is 113 Å². The zero-order valence-electron chi connectivity index (χ0n) is 9.98. The summed E-state index contributed by atoms with van der Waals surface area (Å²) in [7, 11) is 0. The number of hydrogen-bond donors (Lipinski definition) is 1. The standard InChI is InChI=1S/C14H10F2O2S/c1-8-2-4-10(14(17)18)13(6-8)19-12-5-3-9(15)7-11(12)16/h2-7H,1H3,(H,17,18). The van der Waals surface area contributed by atoms with Crippen LogP contribution in [0, 0.1) is 18.6 Å². The van der Waals surface area contributed by atoms with Gasteiger partial charge in [-0.2, -0.15) is 0 Å². The van der Waals surface area contributed by atoms with E-state index >= 15 is 0 Å². The first-order chi connectivity index (χ1) is 8.97. The minimum atomic E-state index is -1.08. The molecular weight excluding hydrogens is 270 g/mol. The lowest BCUT2D eigenvalue weighted by Crippen LogP contribution is -1.99. The number of carbonyl (C=O) groups is 1. The minimum Gasteiger partial charge on any atom is -0.478 e. The maximum absolute atomic E-state index is 13.6. The number of hydrogen-bond acceptors (Lipinski definition) is 2. The first-order valence-electron chi connectivity index (χ1n) is 5.44. The minimum absolute atomic E-state index is 0.0966. The van der Waals surface area contributed by atoms with Gasteiger partial charge in [-0.05, 0) is 36.8 Å². The Morgan fingerprint density at radius 2 is 1.84 bits per heavy atom. The van der Waals surface area contributed by atoms with Crippen LogP contribution in [0.25, 0.3) is 0 Å². The van der Waals surface area contributed by atoms with Gasteiger partial charge in [0, 0.05) is 15.9 Å². The molecule has 2 rings (SSSR count). The highest BCUT2D eigenvalue weighted by molar-refractivity contribution is 7.99. The lowest BCUT2D eigenvalue weighted by Gasteiger charge is -2.08. The Bertz CT molecular complexity index is 641. The summed E-state index contributed by atoms with van der Waals surface area (Å²) in [5.74, 6) is -2.45. The van der Waals surface area contributed by atoms with Gasteiger partial charge in [-0.15, -0.1) is 0 Å². The lowest BCUT2D eigenvalue weighted by molar-refractivity contribution is 0.0693. The van der Waals surface area contributed by atoms with Gasteiger partial charge in [-0.3, -0.25) is 0 Å². The van der Waals surface area contributed by atoms with Gasteiger partial charge < -0.3 is 5.11 Å². The van der Waals surface area contributed by atoms with Crippen LogP contribution in [0.2, 0.25) is 0 Å². The Morgan fingerprint density at radius 1 is 1.11 bits per heavy atom. The Balaban J connectivity index is 2.42. The van der Waals surface area contributed by atoms with Crippen LogP contribution in [0.3, 0.4) is 0 Å². The van der Waals surface area contributed by atoms with E-state index in [1.165, 1.54) is 12.1 Å². The summed E-state index contributed by atoms with van der Waals surface area (Å²) < 4.78 is 26.4. The monoisotopic (exact) mass is 280 g/mol. The predicted octanol–water partition coefficient (Wildman–Crippen LogP) is 4.12. The zero-order chi connectivity index (χ0) is 14.0. The smallest absolute Gasteiger partial charge is 0.336 e. The van der Waals surface area contributed by atoms with Crippen molar-refractivity contribution in [2.75, 3.05) is 0 Å². The Kier molecular flexibility index (Phi) is 3.85. The third-order valence-corrected chi connectivity index (χ3v) is 3.59. The van der Waals surface area contributed by atoms with Crippen LogP contribution in [0.15, 0.2) is 46.2 Å². The van der Waals surface area contributed by atoms with Crippen LogP contribution >= 0.6 is 11.8 Å². The topological polar surface area (TPSA) is 37.3 Å². The molecule has 1 N–H and O–H groups in total. The second kappa shape index (κ2) is 5.40. The first kappa shape index (κ1) is 13.5. The number of rotatable bonds is 3. The molecule has 0 fully saturated rings. The van der Waals surface area contributed by atoms with Crippen LogP contribution in [-0.4, -0.2) is 11.1 Å². The molecule has 0 aromatic heterocycles. The molecule has 0 unspecified atom stereocenters. The second-order valence-corrected chi connectivity index (χ2v) is 5.07. The average Bonchev–Trinajstić information content (AvgIpc) is 2.32. The van der Waals surface area contributed by atoms with E-state index < -0.39 is 17.6 Å². The first-order valence-corrected chi connectivity index (χ1v) is 6.26. The van der Waals surface area contributed by atoms with E-state index in [0.29, 0.717) is 4.90 Å². The van der Waals surface area contributed by atoms with Crippen molar-refractivity contribution < 1.29 is 18.7 Å².